The van der Waals surface area contributed by atoms with Crippen molar-refractivity contribution in [2.45, 2.75) is 115 Å². The van der Waals surface area contributed by atoms with Crippen LogP contribution in [0.1, 0.15) is 96.8 Å². The molecule has 1 saturated heterocycles. The molecule has 4 heteroatoms. The standard InChI is InChI=1S/C23H44O4/c1-5-6-7-8-9-10-14-20(23(24-2,25-3)26-4)15-12-11-13-19-16-17-21-22(18-19)27-21/h19-22H,5-18H2,1-4H3. The molecule has 0 aromatic heterocycles. The second-order valence-corrected chi connectivity index (χ2v) is 8.65. The Bertz CT molecular complexity index is 374. The van der Waals surface area contributed by atoms with Crippen molar-refractivity contribution in [2.24, 2.45) is 11.8 Å². The molecule has 1 aliphatic carbocycles. The Labute approximate surface area is 167 Å². The Hall–Kier alpha value is -0.160. The van der Waals surface area contributed by atoms with Gasteiger partial charge in [-0.25, -0.2) is 0 Å². The largest absolute Gasteiger partial charge is 0.370 e. The molecular weight excluding hydrogens is 340 g/mol. The average molecular weight is 385 g/mol. The first kappa shape index (κ1) is 23.1. The number of hydrogen-bond acceptors (Lipinski definition) is 4. The van der Waals surface area contributed by atoms with Crippen LogP contribution in [0.3, 0.4) is 0 Å². The normalized spacial score (nSPS) is 26.0. The molecular formula is C23H44O4. The van der Waals surface area contributed by atoms with Crippen LogP contribution in [0, 0.1) is 11.8 Å². The number of hydrogen-bond donors (Lipinski definition) is 0. The lowest BCUT2D eigenvalue weighted by Gasteiger charge is -2.36. The lowest BCUT2D eigenvalue weighted by Crippen LogP contribution is -2.44. The van der Waals surface area contributed by atoms with Crippen molar-refractivity contribution < 1.29 is 18.9 Å². The molecule has 0 bridgehead atoms. The third-order valence-corrected chi connectivity index (χ3v) is 6.79. The first-order valence-corrected chi connectivity index (χ1v) is 11.5. The van der Waals surface area contributed by atoms with Gasteiger partial charge in [0.05, 0.1) is 12.2 Å². The summed E-state index contributed by atoms with van der Waals surface area (Å²) in [5.41, 5.74) is 0. The van der Waals surface area contributed by atoms with Crippen LogP contribution in [0.2, 0.25) is 0 Å². The van der Waals surface area contributed by atoms with E-state index in [4.69, 9.17) is 18.9 Å². The minimum absolute atomic E-state index is 0.297. The fraction of sp³-hybridized carbons (Fsp3) is 1.00. The maximum Gasteiger partial charge on any atom is 0.285 e. The highest BCUT2D eigenvalue weighted by atomic mass is 16.9. The van der Waals surface area contributed by atoms with Crippen molar-refractivity contribution in [2.75, 3.05) is 21.3 Å². The highest BCUT2D eigenvalue weighted by Crippen LogP contribution is 2.41. The summed E-state index contributed by atoms with van der Waals surface area (Å²) in [7, 11) is 5.11. The summed E-state index contributed by atoms with van der Waals surface area (Å²) in [4.78, 5) is 0. The maximum atomic E-state index is 5.70. The summed E-state index contributed by atoms with van der Waals surface area (Å²) >= 11 is 0. The van der Waals surface area contributed by atoms with Gasteiger partial charge in [0, 0.05) is 27.2 Å². The average Bonchev–Trinajstić information content (AvgIpc) is 3.47. The van der Waals surface area contributed by atoms with E-state index in [0.29, 0.717) is 18.1 Å². The van der Waals surface area contributed by atoms with Gasteiger partial charge in [-0.2, -0.15) is 0 Å². The summed E-state index contributed by atoms with van der Waals surface area (Å²) in [6, 6.07) is 0. The number of methoxy groups -OCH3 is 3. The molecule has 0 N–H and O–H groups in total. The monoisotopic (exact) mass is 384 g/mol. The minimum Gasteiger partial charge on any atom is -0.370 e. The van der Waals surface area contributed by atoms with Crippen LogP contribution in [0.4, 0.5) is 0 Å². The van der Waals surface area contributed by atoms with Crippen LogP contribution in [0.15, 0.2) is 0 Å². The van der Waals surface area contributed by atoms with Gasteiger partial charge in [-0.1, -0.05) is 64.7 Å². The van der Waals surface area contributed by atoms with Gasteiger partial charge in [-0.15, -0.1) is 0 Å². The smallest absolute Gasteiger partial charge is 0.285 e. The number of rotatable bonds is 16. The van der Waals surface area contributed by atoms with Crippen LogP contribution < -0.4 is 0 Å². The zero-order valence-corrected chi connectivity index (χ0v) is 18.3. The van der Waals surface area contributed by atoms with Gasteiger partial charge in [0.2, 0.25) is 0 Å². The van der Waals surface area contributed by atoms with Crippen molar-refractivity contribution in [3.05, 3.63) is 0 Å². The third kappa shape index (κ3) is 7.30. The van der Waals surface area contributed by atoms with Crippen molar-refractivity contribution in [3.63, 3.8) is 0 Å². The molecule has 0 aromatic rings. The van der Waals surface area contributed by atoms with E-state index in [0.717, 1.165) is 18.8 Å². The molecule has 1 saturated carbocycles. The minimum atomic E-state index is -0.886. The van der Waals surface area contributed by atoms with Crippen LogP contribution in [0.25, 0.3) is 0 Å². The van der Waals surface area contributed by atoms with E-state index in [9.17, 15) is 0 Å². The molecule has 1 heterocycles. The Morgan fingerprint density at radius 3 is 2.07 bits per heavy atom. The zero-order chi connectivity index (χ0) is 19.5. The quantitative estimate of drug-likeness (QED) is 0.184. The van der Waals surface area contributed by atoms with Crippen molar-refractivity contribution in [1.29, 1.82) is 0 Å². The molecule has 4 atom stereocenters. The second kappa shape index (κ2) is 12.4. The van der Waals surface area contributed by atoms with Gasteiger partial charge in [0.1, 0.15) is 0 Å². The van der Waals surface area contributed by atoms with E-state index in [1.165, 1.54) is 77.0 Å². The third-order valence-electron chi connectivity index (χ3n) is 6.79. The van der Waals surface area contributed by atoms with E-state index >= 15 is 0 Å². The highest BCUT2D eigenvalue weighted by molar-refractivity contribution is 4.91. The van der Waals surface area contributed by atoms with Gasteiger partial charge >= 0.3 is 0 Å². The fourth-order valence-electron chi connectivity index (χ4n) is 4.99. The second-order valence-electron chi connectivity index (χ2n) is 8.65. The van der Waals surface area contributed by atoms with Crippen LogP contribution >= 0.6 is 0 Å². The molecule has 1 aliphatic heterocycles. The zero-order valence-electron chi connectivity index (χ0n) is 18.3. The summed E-state index contributed by atoms with van der Waals surface area (Å²) in [6.45, 7) is 2.27. The first-order valence-electron chi connectivity index (χ1n) is 11.5. The Kier molecular flexibility index (Phi) is 10.6. The first-order chi connectivity index (χ1) is 13.2. The predicted molar refractivity (Wildman–Crippen MR) is 110 cm³/mol. The van der Waals surface area contributed by atoms with Gasteiger partial charge in [-0.3, -0.25) is 0 Å². The lowest BCUT2D eigenvalue weighted by atomic mass is 9.84. The molecule has 160 valence electrons. The summed E-state index contributed by atoms with van der Waals surface area (Å²) in [6.07, 6.45) is 19.1. The topological polar surface area (TPSA) is 40.2 Å². The van der Waals surface area contributed by atoms with Crippen molar-refractivity contribution in [1.82, 2.24) is 0 Å². The van der Waals surface area contributed by atoms with E-state index in [1.54, 1.807) is 21.3 Å². The number of epoxide rings is 1. The number of fused-ring (bicyclic) bond motifs is 1. The van der Waals surface area contributed by atoms with Crippen molar-refractivity contribution >= 4 is 0 Å². The maximum absolute atomic E-state index is 5.70. The lowest BCUT2D eigenvalue weighted by molar-refractivity contribution is -0.380. The predicted octanol–water partition coefficient (Wildman–Crippen LogP) is 6.07. The molecule has 2 fully saturated rings. The molecule has 2 rings (SSSR count). The van der Waals surface area contributed by atoms with E-state index in [2.05, 4.69) is 6.92 Å². The molecule has 2 aliphatic rings. The van der Waals surface area contributed by atoms with Gasteiger partial charge in [0.15, 0.2) is 0 Å². The SMILES string of the molecule is CCCCCCCCC(CCCCC1CCC2OC2C1)C(OC)(OC)OC. The molecule has 0 radical (unpaired) electrons. The number of ether oxygens (including phenoxy) is 4. The highest BCUT2D eigenvalue weighted by Gasteiger charge is 2.43. The van der Waals surface area contributed by atoms with Gasteiger partial charge in [0.25, 0.3) is 5.97 Å². The van der Waals surface area contributed by atoms with Crippen LogP contribution in [0.5, 0.6) is 0 Å². The molecule has 4 nitrogen and oxygen atoms in total. The Morgan fingerprint density at radius 2 is 1.44 bits per heavy atom. The van der Waals surface area contributed by atoms with E-state index < -0.39 is 5.97 Å². The summed E-state index contributed by atoms with van der Waals surface area (Å²) in [5, 5.41) is 0. The Morgan fingerprint density at radius 1 is 0.815 bits per heavy atom. The molecule has 0 amide bonds. The molecule has 0 aromatic carbocycles. The fourth-order valence-corrected chi connectivity index (χ4v) is 4.99. The molecule has 4 unspecified atom stereocenters. The van der Waals surface area contributed by atoms with E-state index in [1.807, 2.05) is 0 Å². The molecule has 0 spiro atoms. The molecule has 27 heavy (non-hydrogen) atoms. The summed E-state index contributed by atoms with van der Waals surface area (Å²) in [5.74, 6) is 0.289. The van der Waals surface area contributed by atoms with Gasteiger partial charge < -0.3 is 18.9 Å². The number of unbranched alkanes of at least 4 members (excludes halogenated alkanes) is 6. The Balaban J connectivity index is 1.70. The van der Waals surface area contributed by atoms with Crippen molar-refractivity contribution in [3.8, 4) is 0 Å². The van der Waals surface area contributed by atoms with Crippen LogP contribution in [-0.4, -0.2) is 39.5 Å². The van der Waals surface area contributed by atoms with E-state index in [-0.39, 0.29) is 0 Å². The van der Waals surface area contributed by atoms with Gasteiger partial charge in [-0.05, 0) is 38.0 Å². The van der Waals surface area contributed by atoms with Crippen LogP contribution in [-0.2, 0) is 18.9 Å². The summed E-state index contributed by atoms with van der Waals surface area (Å²) < 4.78 is 22.8.